The molecule has 0 radical (unpaired) electrons. The van der Waals surface area contributed by atoms with Gasteiger partial charge in [-0.15, -0.1) is 0 Å². The van der Waals surface area contributed by atoms with E-state index >= 15 is 0 Å². The molecule has 17 heavy (non-hydrogen) atoms. The summed E-state index contributed by atoms with van der Waals surface area (Å²) in [7, 11) is 0. The van der Waals surface area contributed by atoms with Gasteiger partial charge in [-0.2, -0.15) is 0 Å². The molecule has 0 atom stereocenters. The Balaban J connectivity index is 2.25. The Morgan fingerprint density at radius 3 is 2.53 bits per heavy atom. The molecule has 1 saturated carbocycles. The van der Waals surface area contributed by atoms with E-state index in [0.717, 1.165) is 12.8 Å². The third kappa shape index (κ3) is 5.04. The van der Waals surface area contributed by atoms with Gasteiger partial charge in [0.1, 0.15) is 0 Å². The van der Waals surface area contributed by atoms with Crippen LogP contribution >= 0.6 is 0 Å². The molecule has 0 aliphatic heterocycles. The molecular weight excluding hydrogens is 218 g/mol. The Labute approximate surface area is 104 Å². The van der Waals surface area contributed by atoms with Crippen LogP contribution in [-0.2, 0) is 9.53 Å². The molecule has 0 spiro atoms. The maximum atomic E-state index is 11.3. The first kappa shape index (κ1) is 14.5. The van der Waals surface area contributed by atoms with Crippen LogP contribution in [-0.4, -0.2) is 36.9 Å². The number of rotatable bonds is 6. The Kier molecular flexibility index (Phi) is 5.92. The molecule has 4 heteroatoms. The van der Waals surface area contributed by atoms with Gasteiger partial charge in [0.25, 0.3) is 0 Å². The Bertz CT molecular complexity index is 235. The highest BCUT2D eigenvalue weighted by atomic mass is 16.5. The number of nitrogens with one attached hydrogen (secondary N) is 1. The van der Waals surface area contributed by atoms with Gasteiger partial charge in [-0.3, -0.25) is 4.79 Å². The summed E-state index contributed by atoms with van der Waals surface area (Å²) >= 11 is 0. The zero-order chi connectivity index (χ0) is 12.7. The van der Waals surface area contributed by atoms with Crippen LogP contribution in [0.25, 0.3) is 0 Å². The first-order valence-corrected chi connectivity index (χ1v) is 6.59. The van der Waals surface area contributed by atoms with Crippen molar-refractivity contribution in [2.75, 3.05) is 19.7 Å². The summed E-state index contributed by atoms with van der Waals surface area (Å²) in [5, 5.41) is 12.6. The molecule has 0 aromatic heterocycles. The predicted molar refractivity (Wildman–Crippen MR) is 66.7 cm³/mol. The first-order valence-electron chi connectivity index (χ1n) is 6.59. The average molecular weight is 243 g/mol. The molecule has 0 aromatic carbocycles. The number of carbonyl (C=O) groups excluding carboxylic acids is 1. The second kappa shape index (κ2) is 6.97. The average Bonchev–Trinajstić information content (AvgIpc) is 2.29. The van der Waals surface area contributed by atoms with Crippen molar-refractivity contribution in [3.8, 4) is 0 Å². The minimum absolute atomic E-state index is 0.0175. The van der Waals surface area contributed by atoms with Crippen LogP contribution in [0.4, 0.5) is 0 Å². The second-order valence-electron chi connectivity index (χ2n) is 5.36. The standard InChI is InChI=1S/C13H25NO3/c1-11(2)17-12(16)8-14-9-13(10-15)6-4-3-5-7-13/h11,14-15H,3-10H2,1-2H3. The van der Waals surface area contributed by atoms with Crippen LogP contribution < -0.4 is 5.32 Å². The molecular formula is C13H25NO3. The Morgan fingerprint density at radius 2 is 2.00 bits per heavy atom. The van der Waals surface area contributed by atoms with Crippen molar-refractivity contribution in [2.45, 2.75) is 52.1 Å². The lowest BCUT2D eigenvalue weighted by atomic mass is 9.74. The number of aliphatic hydroxyl groups is 1. The van der Waals surface area contributed by atoms with Gasteiger partial charge in [0.2, 0.25) is 0 Å². The predicted octanol–water partition coefficient (Wildman–Crippen LogP) is 1.47. The highest BCUT2D eigenvalue weighted by Gasteiger charge is 2.31. The lowest BCUT2D eigenvalue weighted by molar-refractivity contribution is -0.146. The Hall–Kier alpha value is -0.610. The van der Waals surface area contributed by atoms with Crippen molar-refractivity contribution in [1.82, 2.24) is 5.32 Å². The van der Waals surface area contributed by atoms with Crippen molar-refractivity contribution in [3.63, 3.8) is 0 Å². The smallest absolute Gasteiger partial charge is 0.320 e. The first-order chi connectivity index (χ1) is 8.08. The van der Waals surface area contributed by atoms with Gasteiger partial charge in [-0.1, -0.05) is 19.3 Å². The summed E-state index contributed by atoms with van der Waals surface area (Å²) in [4.78, 5) is 11.3. The fourth-order valence-corrected chi connectivity index (χ4v) is 2.43. The number of aliphatic hydroxyl groups excluding tert-OH is 1. The molecule has 0 bridgehead atoms. The van der Waals surface area contributed by atoms with Crippen LogP contribution in [0.5, 0.6) is 0 Å². The fourth-order valence-electron chi connectivity index (χ4n) is 2.43. The Morgan fingerprint density at radius 1 is 1.35 bits per heavy atom. The summed E-state index contributed by atoms with van der Waals surface area (Å²) in [6.07, 6.45) is 5.66. The lowest BCUT2D eigenvalue weighted by Crippen LogP contribution is -2.41. The molecule has 2 N–H and O–H groups in total. The molecule has 0 aromatic rings. The van der Waals surface area contributed by atoms with E-state index in [1.807, 2.05) is 13.8 Å². The zero-order valence-electron chi connectivity index (χ0n) is 11.0. The molecule has 1 aliphatic carbocycles. The molecule has 0 saturated heterocycles. The monoisotopic (exact) mass is 243 g/mol. The second-order valence-corrected chi connectivity index (χ2v) is 5.36. The van der Waals surface area contributed by atoms with Gasteiger partial charge >= 0.3 is 5.97 Å². The van der Waals surface area contributed by atoms with Crippen molar-refractivity contribution in [3.05, 3.63) is 0 Å². The minimum Gasteiger partial charge on any atom is -0.462 e. The highest BCUT2D eigenvalue weighted by Crippen LogP contribution is 2.35. The molecule has 0 amide bonds. The maximum absolute atomic E-state index is 11.3. The minimum atomic E-state index is -0.219. The van der Waals surface area contributed by atoms with Gasteiger partial charge < -0.3 is 15.2 Å². The van der Waals surface area contributed by atoms with Crippen LogP contribution in [0.1, 0.15) is 46.0 Å². The number of esters is 1. The van der Waals surface area contributed by atoms with E-state index in [-0.39, 0.29) is 30.6 Å². The summed E-state index contributed by atoms with van der Waals surface area (Å²) < 4.78 is 5.04. The van der Waals surface area contributed by atoms with E-state index in [9.17, 15) is 9.90 Å². The van der Waals surface area contributed by atoms with Crippen molar-refractivity contribution in [1.29, 1.82) is 0 Å². The number of hydrogen-bond acceptors (Lipinski definition) is 4. The molecule has 0 unspecified atom stereocenters. The third-order valence-electron chi connectivity index (χ3n) is 3.39. The van der Waals surface area contributed by atoms with Crippen molar-refractivity contribution in [2.24, 2.45) is 5.41 Å². The van der Waals surface area contributed by atoms with Crippen LogP contribution in [0.15, 0.2) is 0 Å². The molecule has 4 nitrogen and oxygen atoms in total. The fraction of sp³-hybridized carbons (Fsp3) is 0.923. The zero-order valence-corrected chi connectivity index (χ0v) is 11.0. The van der Waals surface area contributed by atoms with Crippen LogP contribution in [0.3, 0.4) is 0 Å². The topological polar surface area (TPSA) is 58.6 Å². The van der Waals surface area contributed by atoms with E-state index < -0.39 is 0 Å². The van der Waals surface area contributed by atoms with E-state index in [0.29, 0.717) is 6.54 Å². The molecule has 1 rings (SSSR count). The molecule has 0 heterocycles. The molecule has 1 fully saturated rings. The van der Waals surface area contributed by atoms with E-state index in [4.69, 9.17) is 4.74 Å². The van der Waals surface area contributed by atoms with Gasteiger partial charge in [0.05, 0.1) is 12.6 Å². The molecule has 100 valence electrons. The third-order valence-corrected chi connectivity index (χ3v) is 3.39. The van der Waals surface area contributed by atoms with E-state index in [1.165, 1.54) is 19.3 Å². The van der Waals surface area contributed by atoms with Crippen LogP contribution in [0, 0.1) is 5.41 Å². The van der Waals surface area contributed by atoms with Gasteiger partial charge in [0.15, 0.2) is 0 Å². The largest absolute Gasteiger partial charge is 0.462 e. The van der Waals surface area contributed by atoms with Crippen LogP contribution in [0.2, 0.25) is 0 Å². The van der Waals surface area contributed by atoms with Gasteiger partial charge in [-0.25, -0.2) is 0 Å². The molecule has 1 aliphatic rings. The van der Waals surface area contributed by atoms with Gasteiger partial charge in [-0.05, 0) is 26.7 Å². The quantitative estimate of drug-likeness (QED) is 0.694. The summed E-state index contributed by atoms with van der Waals surface area (Å²) in [5.41, 5.74) is -0.0175. The lowest BCUT2D eigenvalue weighted by Gasteiger charge is -2.35. The van der Waals surface area contributed by atoms with E-state index in [2.05, 4.69) is 5.32 Å². The van der Waals surface area contributed by atoms with Crippen molar-refractivity contribution < 1.29 is 14.6 Å². The normalized spacial score (nSPS) is 19.3. The highest BCUT2D eigenvalue weighted by molar-refractivity contribution is 5.71. The number of ether oxygens (including phenoxy) is 1. The van der Waals surface area contributed by atoms with Crippen molar-refractivity contribution >= 4 is 5.97 Å². The number of hydrogen-bond donors (Lipinski definition) is 2. The summed E-state index contributed by atoms with van der Waals surface area (Å²) in [6.45, 7) is 4.83. The van der Waals surface area contributed by atoms with E-state index in [1.54, 1.807) is 0 Å². The summed E-state index contributed by atoms with van der Waals surface area (Å²) in [5.74, 6) is -0.219. The number of carbonyl (C=O) groups is 1. The SMILES string of the molecule is CC(C)OC(=O)CNCC1(CO)CCCCC1. The maximum Gasteiger partial charge on any atom is 0.320 e. The van der Waals surface area contributed by atoms with Gasteiger partial charge in [0, 0.05) is 18.6 Å². The summed E-state index contributed by atoms with van der Waals surface area (Å²) in [6, 6.07) is 0.